The fourth-order valence-corrected chi connectivity index (χ4v) is 4.98. The number of nitrogens with zero attached hydrogens (tertiary/aromatic N) is 2. The van der Waals surface area contributed by atoms with E-state index in [2.05, 4.69) is 10.4 Å². The van der Waals surface area contributed by atoms with Crippen molar-refractivity contribution < 1.29 is 32.3 Å². The Balaban J connectivity index is 1.61. The molecule has 0 saturated carbocycles. The van der Waals surface area contributed by atoms with Gasteiger partial charge in [-0.2, -0.15) is 5.10 Å². The predicted molar refractivity (Wildman–Crippen MR) is 111 cm³/mol. The normalized spacial score (nSPS) is 21.2. The molecule has 31 heavy (non-hydrogen) atoms. The number of sulfone groups is 1. The van der Waals surface area contributed by atoms with Gasteiger partial charge in [0.1, 0.15) is 5.71 Å². The van der Waals surface area contributed by atoms with Crippen molar-refractivity contribution in [2.45, 2.75) is 45.3 Å². The van der Waals surface area contributed by atoms with Crippen LogP contribution in [0.1, 0.15) is 43.5 Å². The van der Waals surface area contributed by atoms with Crippen molar-refractivity contribution in [2.75, 3.05) is 16.8 Å². The Hall–Kier alpha value is -3.08. The van der Waals surface area contributed by atoms with Gasteiger partial charge in [0.25, 0.3) is 5.91 Å². The maximum Gasteiger partial charge on any atom is 0.355 e. The van der Waals surface area contributed by atoms with Gasteiger partial charge in [-0.3, -0.25) is 14.4 Å². The van der Waals surface area contributed by atoms with Gasteiger partial charge in [-0.15, -0.1) is 0 Å². The van der Waals surface area contributed by atoms with E-state index >= 15 is 0 Å². The van der Waals surface area contributed by atoms with Crippen molar-refractivity contribution in [2.24, 2.45) is 5.10 Å². The van der Waals surface area contributed by atoms with E-state index in [9.17, 15) is 27.6 Å². The van der Waals surface area contributed by atoms with Crippen LogP contribution in [-0.2, 0) is 29.0 Å². The first-order chi connectivity index (χ1) is 14.6. The van der Waals surface area contributed by atoms with Gasteiger partial charge in [0.2, 0.25) is 5.91 Å². The molecule has 10 nitrogen and oxygen atoms in total. The molecule has 0 spiro atoms. The minimum Gasteiger partial charge on any atom is -0.448 e. The van der Waals surface area contributed by atoms with Gasteiger partial charge in [-0.05, 0) is 44.5 Å². The van der Waals surface area contributed by atoms with Crippen LogP contribution < -0.4 is 5.32 Å². The first kappa shape index (κ1) is 22.6. The van der Waals surface area contributed by atoms with Gasteiger partial charge in [-0.1, -0.05) is 0 Å². The number of benzene rings is 1. The summed E-state index contributed by atoms with van der Waals surface area (Å²) < 4.78 is 28.6. The first-order valence-corrected chi connectivity index (χ1v) is 11.6. The topological polar surface area (TPSA) is 139 Å². The SMILES string of the molecule is CC(=O)c1ccc(NC(=O)[C@H](C)OC(=O)C2=NN([C@H]3CCS(=O)(=O)C3)C(=O)CC2)cc1. The van der Waals surface area contributed by atoms with Crippen LogP contribution in [0.2, 0.25) is 0 Å². The van der Waals surface area contributed by atoms with Crippen molar-refractivity contribution in [3.63, 3.8) is 0 Å². The van der Waals surface area contributed by atoms with Crippen molar-refractivity contribution in [1.82, 2.24) is 5.01 Å². The largest absolute Gasteiger partial charge is 0.448 e. The molecule has 0 aliphatic carbocycles. The Kier molecular flexibility index (Phi) is 6.54. The van der Waals surface area contributed by atoms with Gasteiger partial charge >= 0.3 is 5.97 Å². The second-order valence-corrected chi connectivity index (χ2v) is 9.74. The Labute approximate surface area is 179 Å². The lowest BCUT2D eigenvalue weighted by Gasteiger charge is -2.27. The van der Waals surface area contributed by atoms with Crippen LogP contribution in [0.25, 0.3) is 0 Å². The second kappa shape index (κ2) is 8.96. The molecule has 1 saturated heterocycles. The van der Waals surface area contributed by atoms with E-state index in [1.165, 1.54) is 13.8 Å². The number of carbonyl (C=O) groups is 4. The number of rotatable bonds is 6. The summed E-state index contributed by atoms with van der Waals surface area (Å²) in [6.07, 6.45) is -0.816. The van der Waals surface area contributed by atoms with Gasteiger partial charge in [0, 0.05) is 24.1 Å². The molecule has 0 aromatic heterocycles. The zero-order valence-corrected chi connectivity index (χ0v) is 18.0. The third kappa shape index (κ3) is 5.54. The summed E-state index contributed by atoms with van der Waals surface area (Å²) in [5.74, 6) is -2.08. The highest BCUT2D eigenvalue weighted by Gasteiger charge is 2.37. The standard InChI is InChI=1S/C20H23N3O7S/c1-12(24)14-3-5-15(6-4-14)21-19(26)13(2)30-20(27)17-7-8-18(25)23(22-17)16-9-10-31(28,29)11-16/h3-6,13,16H,7-11H2,1-2H3,(H,21,26)/t13-,16-/m0/s1. The first-order valence-electron chi connectivity index (χ1n) is 9.78. The van der Waals surface area contributed by atoms with Crippen molar-refractivity contribution >= 4 is 44.8 Å². The van der Waals surface area contributed by atoms with E-state index < -0.39 is 33.9 Å². The molecule has 1 N–H and O–H groups in total. The van der Waals surface area contributed by atoms with Crippen LogP contribution in [0, 0.1) is 0 Å². The van der Waals surface area contributed by atoms with Gasteiger partial charge in [0.15, 0.2) is 21.7 Å². The van der Waals surface area contributed by atoms with E-state index in [0.717, 1.165) is 5.01 Å². The lowest BCUT2D eigenvalue weighted by atomic mass is 10.1. The third-order valence-electron chi connectivity index (χ3n) is 5.06. The van der Waals surface area contributed by atoms with E-state index in [4.69, 9.17) is 4.74 Å². The number of hydrogen-bond donors (Lipinski definition) is 1. The maximum absolute atomic E-state index is 12.5. The summed E-state index contributed by atoms with van der Waals surface area (Å²) in [5.41, 5.74) is 0.906. The molecule has 1 aromatic rings. The molecule has 3 rings (SSSR count). The molecule has 1 fully saturated rings. The van der Waals surface area contributed by atoms with Gasteiger partial charge < -0.3 is 10.1 Å². The monoisotopic (exact) mass is 449 g/mol. The molecule has 1 aromatic carbocycles. The highest BCUT2D eigenvalue weighted by atomic mass is 32.2. The number of Topliss-reactive ketones (excluding diaryl/α,β-unsaturated/α-hetero) is 1. The number of hydrazone groups is 1. The minimum atomic E-state index is -3.22. The number of hydrogen-bond acceptors (Lipinski definition) is 8. The van der Waals surface area contributed by atoms with Crippen molar-refractivity contribution in [3.8, 4) is 0 Å². The summed E-state index contributed by atoms with van der Waals surface area (Å²) in [4.78, 5) is 48.2. The fraction of sp³-hybridized carbons (Fsp3) is 0.450. The molecule has 2 aliphatic heterocycles. The lowest BCUT2D eigenvalue weighted by Crippen LogP contribution is -2.42. The average molecular weight is 449 g/mol. The fourth-order valence-electron chi connectivity index (χ4n) is 3.29. The van der Waals surface area contributed by atoms with Crippen LogP contribution in [0.3, 0.4) is 0 Å². The lowest BCUT2D eigenvalue weighted by molar-refractivity contribution is -0.147. The summed E-state index contributed by atoms with van der Waals surface area (Å²) in [7, 11) is -3.22. The third-order valence-corrected chi connectivity index (χ3v) is 6.81. The van der Waals surface area contributed by atoms with Crippen LogP contribution in [0.5, 0.6) is 0 Å². The molecule has 2 heterocycles. The van der Waals surface area contributed by atoms with Crippen LogP contribution in [-0.4, -0.2) is 66.4 Å². The number of ketones is 1. The Bertz CT molecular complexity index is 1050. The minimum absolute atomic E-state index is 0.00750. The Morgan fingerprint density at radius 3 is 2.45 bits per heavy atom. The molecule has 166 valence electrons. The molecule has 0 radical (unpaired) electrons. The van der Waals surface area contributed by atoms with Crippen LogP contribution >= 0.6 is 0 Å². The molecule has 11 heteroatoms. The summed E-state index contributed by atoms with van der Waals surface area (Å²) >= 11 is 0. The molecule has 2 aliphatic rings. The van der Waals surface area contributed by atoms with E-state index in [1.54, 1.807) is 24.3 Å². The second-order valence-electron chi connectivity index (χ2n) is 7.51. The summed E-state index contributed by atoms with van der Waals surface area (Å²) in [6.45, 7) is 2.83. The van der Waals surface area contributed by atoms with Crippen LogP contribution in [0.15, 0.2) is 29.4 Å². The van der Waals surface area contributed by atoms with E-state index in [1.807, 2.05) is 0 Å². The highest BCUT2D eigenvalue weighted by Crippen LogP contribution is 2.22. The molecule has 0 bridgehead atoms. The van der Waals surface area contributed by atoms with Crippen molar-refractivity contribution in [3.05, 3.63) is 29.8 Å². The maximum atomic E-state index is 12.5. The number of nitrogens with one attached hydrogen (secondary N) is 1. The van der Waals surface area contributed by atoms with Crippen LogP contribution in [0.4, 0.5) is 5.69 Å². The molecule has 2 amide bonds. The smallest absolute Gasteiger partial charge is 0.355 e. The summed E-state index contributed by atoms with van der Waals surface area (Å²) in [6, 6.07) is 5.67. The van der Waals surface area contributed by atoms with E-state index in [0.29, 0.717) is 11.3 Å². The van der Waals surface area contributed by atoms with E-state index in [-0.39, 0.29) is 48.2 Å². The van der Waals surface area contributed by atoms with Crippen molar-refractivity contribution in [1.29, 1.82) is 0 Å². The Morgan fingerprint density at radius 2 is 1.87 bits per heavy atom. The average Bonchev–Trinajstić information content (AvgIpc) is 3.08. The number of anilines is 1. The number of carbonyl (C=O) groups excluding carboxylic acids is 4. The number of ether oxygens (including phenoxy) is 1. The zero-order chi connectivity index (χ0) is 22.8. The number of esters is 1. The molecular formula is C20H23N3O7S. The highest BCUT2D eigenvalue weighted by molar-refractivity contribution is 7.91. The predicted octanol–water partition coefficient (Wildman–Crippen LogP) is 0.925. The Morgan fingerprint density at radius 1 is 1.19 bits per heavy atom. The number of amides is 2. The molecule has 0 unspecified atom stereocenters. The van der Waals surface area contributed by atoms with Gasteiger partial charge in [-0.25, -0.2) is 18.2 Å². The summed E-state index contributed by atoms with van der Waals surface area (Å²) in [5, 5.41) is 7.68. The molecule has 2 atom stereocenters. The van der Waals surface area contributed by atoms with Gasteiger partial charge in [0.05, 0.1) is 17.5 Å². The zero-order valence-electron chi connectivity index (χ0n) is 17.2. The quantitative estimate of drug-likeness (QED) is 0.503. The molecular weight excluding hydrogens is 426 g/mol.